The molecule has 0 aliphatic rings. The van der Waals surface area contributed by atoms with E-state index in [-0.39, 0.29) is 12.3 Å². The Labute approximate surface area is 111 Å². The van der Waals surface area contributed by atoms with E-state index >= 15 is 0 Å². The summed E-state index contributed by atoms with van der Waals surface area (Å²) in [5.74, 6) is -0.641. The fourth-order valence-electron chi connectivity index (χ4n) is 1.65. The van der Waals surface area contributed by atoms with Gasteiger partial charge in [-0.25, -0.2) is 4.39 Å². The lowest BCUT2D eigenvalue weighted by atomic mass is 9.96. The van der Waals surface area contributed by atoms with Crippen LogP contribution in [0.1, 0.15) is 32.3 Å². The molecule has 0 radical (unpaired) electrons. The van der Waals surface area contributed by atoms with Crippen molar-refractivity contribution in [3.8, 4) is 0 Å². The summed E-state index contributed by atoms with van der Waals surface area (Å²) >= 11 is 0. The van der Waals surface area contributed by atoms with E-state index in [1.165, 1.54) is 12.1 Å². The Kier molecular flexibility index (Phi) is 5.38. The first kappa shape index (κ1) is 15.5. The molecular weight excluding hydrogens is 251 g/mol. The monoisotopic (exact) mass is 270 g/mol. The highest BCUT2D eigenvalue weighted by Crippen LogP contribution is 2.18. The minimum Gasteiger partial charge on any atom is -0.375 e. The Morgan fingerprint density at radius 3 is 2.53 bits per heavy atom. The van der Waals surface area contributed by atoms with Gasteiger partial charge in [0, 0.05) is 11.6 Å². The Morgan fingerprint density at radius 2 is 2.00 bits per heavy atom. The molecule has 0 fully saturated rings. The molecule has 0 saturated heterocycles. The third-order valence-electron chi connectivity index (χ3n) is 3.22. The maximum absolute atomic E-state index is 13.2. The maximum Gasteiger partial charge on any atom is 0.272 e. The van der Waals surface area contributed by atoms with E-state index in [1.54, 1.807) is 0 Å². The second-order valence-electron chi connectivity index (χ2n) is 4.64. The summed E-state index contributed by atoms with van der Waals surface area (Å²) in [5.41, 5.74) is 5.82. The topological polar surface area (TPSA) is 78.4 Å². The van der Waals surface area contributed by atoms with E-state index in [9.17, 15) is 14.5 Å². The fraction of sp³-hybridized carbons (Fsp3) is 0.538. The van der Waals surface area contributed by atoms with Crippen LogP contribution < -0.4 is 5.73 Å². The zero-order valence-electron chi connectivity index (χ0n) is 11.2. The first-order valence-corrected chi connectivity index (χ1v) is 6.20. The number of nitrogens with two attached hydrogens (primary N) is 1. The van der Waals surface area contributed by atoms with Crippen LogP contribution in [0.25, 0.3) is 0 Å². The number of benzene rings is 1. The van der Waals surface area contributed by atoms with Gasteiger partial charge in [-0.05, 0) is 24.5 Å². The smallest absolute Gasteiger partial charge is 0.272 e. The molecule has 0 aromatic heterocycles. The Hall–Kier alpha value is -1.53. The van der Waals surface area contributed by atoms with Crippen LogP contribution in [-0.4, -0.2) is 17.1 Å². The van der Waals surface area contributed by atoms with E-state index in [1.807, 2.05) is 13.8 Å². The molecule has 6 heteroatoms. The van der Waals surface area contributed by atoms with Crippen LogP contribution in [0, 0.1) is 15.9 Å². The molecule has 0 unspecified atom stereocenters. The van der Waals surface area contributed by atoms with Crippen LogP contribution >= 0.6 is 0 Å². The van der Waals surface area contributed by atoms with Crippen LogP contribution in [0.2, 0.25) is 0 Å². The third-order valence-corrected chi connectivity index (χ3v) is 3.22. The minimum absolute atomic E-state index is 0.109. The van der Waals surface area contributed by atoms with Gasteiger partial charge in [0.1, 0.15) is 5.82 Å². The maximum atomic E-state index is 13.2. The van der Waals surface area contributed by atoms with Crippen LogP contribution in [-0.2, 0) is 11.3 Å². The summed E-state index contributed by atoms with van der Waals surface area (Å²) in [5, 5.41) is 10.6. The van der Waals surface area contributed by atoms with Gasteiger partial charge in [0.25, 0.3) is 5.69 Å². The second kappa shape index (κ2) is 6.58. The molecule has 106 valence electrons. The summed E-state index contributed by atoms with van der Waals surface area (Å²) < 4.78 is 18.6. The van der Waals surface area contributed by atoms with Crippen molar-refractivity contribution >= 4 is 5.69 Å². The summed E-state index contributed by atoms with van der Waals surface area (Å²) in [6.07, 6.45) is 1.54. The lowest BCUT2D eigenvalue weighted by Gasteiger charge is -2.26. The number of hydrogen-bond donors (Lipinski definition) is 1. The zero-order chi connectivity index (χ0) is 14.5. The van der Waals surface area contributed by atoms with Crippen molar-refractivity contribution in [1.29, 1.82) is 0 Å². The number of nitrogens with zero attached hydrogens (tertiary/aromatic N) is 1. The molecule has 0 atom stereocenters. The van der Waals surface area contributed by atoms with Gasteiger partial charge in [-0.15, -0.1) is 0 Å². The lowest BCUT2D eigenvalue weighted by Crippen LogP contribution is -2.43. The highest BCUT2D eigenvalue weighted by Gasteiger charge is 2.20. The van der Waals surface area contributed by atoms with Gasteiger partial charge >= 0.3 is 0 Å². The molecule has 0 saturated carbocycles. The summed E-state index contributed by atoms with van der Waals surface area (Å²) in [6.45, 7) is 4.39. The SMILES string of the molecule is CCC(N)(CC)COCc1cc(F)cc([N+](=O)[O-])c1. The van der Waals surface area contributed by atoms with Crippen molar-refractivity contribution in [2.45, 2.75) is 38.8 Å². The van der Waals surface area contributed by atoms with Gasteiger partial charge in [0.2, 0.25) is 0 Å². The number of halogens is 1. The average Bonchev–Trinajstić information content (AvgIpc) is 2.37. The quantitative estimate of drug-likeness (QED) is 0.610. The predicted octanol–water partition coefficient (Wildman–Crippen LogP) is 2.77. The average molecular weight is 270 g/mol. The van der Waals surface area contributed by atoms with E-state index in [0.717, 1.165) is 18.9 Å². The summed E-state index contributed by atoms with van der Waals surface area (Å²) in [6, 6.07) is 3.41. The number of rotatable bonds is 7. The first-order valence-electron chi connectivity index (χ1n) is 6.20. The second-order valence-corrected chi connectivity index (χ2v) is 4.64. The normalized spacial score (nSPS) is 11.6. The van der Waals surface area contributed by atoms with E-state index in [2.05, 4.69) is 0 Å². The predicted molar refractivity (Wildman–Crippen MR) is 70.2 cm³/mol. The standard InChI is InChI=1S/C13H19FN2O3/c1-3-13(15,4-2)9-19-8-10-5-11(14)7-12(6-10)16(17)18/h5-7H,3-4,8-9,15H2,1-2H3. The van der Waals surface area contributed by atoms with E-state index < -0.39 is 16.3 Å². The zero-order valence-corrected chi connectivity index (χ0v) is 11.2. The highest BCUT2D eigenvalue weighted by molar-refractivity contribution is 5.34. The minimum atomic E-state index is -0.641. The molecular formula is C13H19FN2O3. The van der Waals surface area contributed by atoms with Gasteiger partial charge in [-0.3, -0.25) is 10.1 Å². The molecule has 0 aliphatic carbocycles. The van der Waals surface area contributed by atoms with Crippen molar-refractivity contribution in [3.63, 3.8) is 0 Å². The Balaban J connectivity index is 2.65. The van der Waals surface area contributed by atoms with Crippen LogP contribution in [0.15, 0.2) is 18.2 Å². The molecule has 0 heterocycles. The molecule has 1 aromatic carbocycles. The van der Waals surface area contributed by atoms with Gasteiger partial charge in [0.15, 0.2) is 0 Å². The molecule has 5 nitrogen and oxygen atoms in total. The summed E-state index contributed by atoms with van der Waals surface area (Å²) in [7, 11) is 0. The van der Waals surface area contributed by atoms with Crippen molar-refractivity contribution in [2.24, 2.45) is 5.73 Å². The number of nitro groups is 1. The lowest BCUT2D eigenvalue weighted by molar-refractivity contribution is -0.385. The highest BCUT2D eigenvalue weighted by atomic mass is 19.1. The van der Waals surface area contributed by atoms with Crippen LogP contribution in [0.3, 0.4) is 0 Å². The van der Waals surface area contributed by atoms with Gasteiger partial charge in [-0.2, -0.15) is 0 Å². The number of hydrogen-bond acceptors (Lipinski definition) is 4. The molecule has 0 amide bonds. The summed E-state index contributed by atoms with van der Waals surface area (Å²) in [4.78, 5) is 9.98. The Bertz CT molecular complexity index is 448. The largest absolute Gasteiger partial charge is 0.375 e. The molecule has 0 bridgehead atoms. The van der Waals surface area contributed by atoms with Gasteiger partial charge in [0.05, 0.1) is 24.2 Å². The van der Waals surface area contributed by atoms with Crippen molar-refractivity contribution < 1.29 is 14.1 Å². The molecule has 0 aliphatic heterocycles. The van der Waals surface area contributed by atoms with Gasteiger partial charge in [-0.1, -0.05) is 13.8 Å². The van der Waals surface area contributed by atoms with Crippen molar-refractivity contribution in [2.75, 3.05) is 6.61 Å². The van der Waals surface area contributed by atoms with Crippen molar-refractivity contribution in [3.05, 3.63) is 39.7 Å². The number of ether oxygens (including phenoxy) is 1. The molecule has 0 spiro atoms. The molecule has 1 aromatic rings. The molecule has 2 N–H and O–H groups in total. The molecule has 19 heavy (non-hydrogen) atoms. The Morgan fingerprint density at radius 1 is 1.37 bits per heavy atom. The number of nitro benzene ring substituents is 1. The number of non-ortho nitro benzene ring substituents is 1. The first-order chi connectivity index (χ1) is 8.90. The third kappa shape index (κ3) is 4.57. The van der Waals surface area contributed by atoms with Crippen LogP contribution in [0.5, 0.6) is 0 Å². The van der Waals surface area contributed by atoms with Gasteiger partial charge < -0.3 is 10.5 Å². The fourth-order valence-corrected chi connectivity index (χ4v) is 1.65. The van der Waals surface area contributed by atoms with Crippen molar-refractivity contribution in [1.82, 2.24) is 0 Å². The molecule has 1 rings (SSSR count). The van der Waals surface area contributed by atoms with E-state index in [0.29, 0.717) is 12.2 Å². The van der Waals surface area contributed by atoms with E-state index in [4.69, 9.17) is 10.5 Å². The van der Waals surface area contributed by atoms with Crippen LogP contribution in [0.4, 0.5) is 10.1 Å².